The maximum Gasteiger partial charge on any atom is 0.224 e. The molecule has 0 radical (unpaired) electrons. The zero-order valence-corrected chi connectivity index (χ0v) is 18.4. The van der Waals surface area contributed by atoms with E-state index in [0.717, 1.165) is 29.8 Å². The molecule has 1 unspecified atom stereocenters. The van der Waals surface area contributed by atoms with Gasteiger partial charge in [-0.1, -0.05) is 30.3 Å². The first kappa shape index (κ1) is 22.6. The molecular formula is C24H31FN4O2. The molecule has 6 nitrogen and oxygen atoms in total. The summed E-state index contributed by atoms with van der Waals surface area (Å²) in [4.78, 5) is 16.7. The van der Waals surface area contributed by atoms with Crippen LogP contribution in [0.1, 0.15) is 44.4 Å². The molecule has 31 heavy (non-hydrogen) atoms. The predicted octanol–water partition coefficient (Wildman–Crippen LogP) is 3.34. The molecule has 1 amide bonds. The Hall–Kier alpha value is -3.09. The maximum absolute atomic E-state index is 13.0. The summed E-state index contributed by atoms with van der Waals surface area (Å²) in [6.45, 7) is 7.78. The molecule has 3 rings (SSSR count). The maximum atomic E-state index is 13.0. The van der Waals surface area contributed by atoms with E-state index in [-0.39, 0.29) is 29.8 Å². The number of carbonyl (C=O) groups is 1. The van der Waals surface area contributed by atoms with Crippen LogP contribution in [-0.2, 0) is 11.2 Å². The number of benzene rings is 2. The summed E-state index contributed by atoms with van der Waals surface area (Å²) < 4.78 is 19.1. The summed E-state index contributed by atoms with van der Waals surface area (Å²) >= 11 is 0. The van der Waals surface area contributed by atoms with Crippen LogP contribution < -0.4 is 20.7 Å². The molecule has 2 aromatic carbocycles. The van der Waals surface area contributed by atoms with Crippen molar-refractivity contribution in [1.82, 2.24) is 16.0 Å². The number of guanidine groups is 1. The molecule has 0 saturated heterocycles. The van der Waals surface area contributed by atoms with Crippen molar-refractivity contribution >= 4 is 11.9 Å². The van der Waals surface area contributed by atoms with Crippen LogP contribution in [0.5, 0.6) is 5.75 Å². The van der Waals surface area contributed by atoms with Gasteiger partial charge in [-0.15, -0.1) is 0 Å². The molecule has 1 heterocycles. The van der Waals surface area contributed by atoms with Crippen LogP contribution in [-0.4, -0.2) is 37.1 Å². The number of hydrogen-bond acceptors (Lipinski definition) is 3. The Balaban J connectivity index is 1.55. The molecule has 0 spiro atoms. The summed E-state index contributed by atoms with van der Waals surface area (Å²) in [5.74, 6) is 1.17. The van der Waals surface area contributed by atoms with Crippen molar-refractivity contribution in [3.63, 3.8) is 0 Å². The van der Waals surface area contributed by atoms with E-state index in [4.69, 9.17) is 4.74 Å². The highest BCUT2D eigenvalue weighted by Gasteiger charge is 2.33. The van der Waals surface area contributed by atoms with Gasteiger partial charge in [0.25, 0.3) is 0 Å². The minimum Gasteiger partial charge on any atom is -0.487 e. The molecule has 0 aromatic heterocycles. The van der Waals surface area contributed by atoms with E-state index in [1.807, 2.05) is 25.1 Å². The van der Waals surface area contributed by atoms with Gasteiger partial charge in [-0.25, -0.2) is 4.39 Å². The van der Waals surface area contributed by atoms with Gasteiger partial charge in [0.05, 0.1) is 19.0 Å². The number of para-hydroxylation sites is 1. The number of amides is 1. The smallest absolute Gasteiger partial charge is 0.224 e. The van der Waals surface area contributed by atoms with Crippen molar-refractivity contribution in [3.05, 3.63) is 65.5 Å². The fourth-order valence-electron chi connectivity index (χ4n) is 3.63. The standard InChI is InChI=1S/C24H31FN4O2/c1-4-26-23(28-14-13-27-22(30)15-17-9-11-18(25)12-10-17)29-20-16-24(2,3)31-21-8-6-5-7-19(20)21/h5-12,20H,4,13-16H2,1-3H3,(H,27,30)(H2,26,28,29). The van der Waals surface area contributed by atoms with E-state index in [0.29, 0.717) is 19.0 Å². The number of fused-ring (bicyclic) bond motifs is 1. The van der Waals surface area contributed by atoms with Crippen molar-refractivity contribution in [2.75, 3.05) is 19.6 Å². The lowest BCUT2D eigenvalue weighted by molar-refractivity contribution is -0.120. The van der Waals surface area contributed by atoms with Crippen LogP contribution in [0.25, 0.3) is 0 Å². The highest BCUT2D eigenvalue weighted by molar-refractivity contribution is 5.81. The second-order valence-corrected chi connectivity index (χ2v) is 8.21. The number of halogens is 1. The lowest BCUT2D eigenvalue weighted by Crippen LogP contribution is -2.45. The number of rotatable bonds is 7. The molecule has 1 aliphatic rings. The van der Waals surface area contributed by atoms with Crippen molar-refractivity contribution < 1.29 is 13.9 Å². The van der Waals surface area contributed by atoms with E-state index in [9.17, 15) is 9.18 Å². The molecule has 0 saturated carbocycles. The van der Waals surface area contributed by atoms with Gasteiger partial charge < -0.3 is 20.7 Å². The third-order valence-electron chi connectivity index (χ3n) is 5.01. The fraction of sp³-hybridized carbons (Fsp3) is 0.417. The molecule has 0 bridgehead atoms. The molecule has 7 heteroatoms. The molecular weight excluding hydrogens is 395 g/mol. The average Bonchev–Trinajstić information content (AvgIpc) is 2.72. The van der Waals surface area contributed by atoms with Gasteiger partial charge in [-0.2, -0.15) is 0 Å². The molecule has 2 aromatic rings. The fourth-order valence-corrected chi connectivity index (χ4v) is 3.63. The Labute approximate surface area is 183 Å². The number of ether oxygens (including phenoxy) is 1. The van der Waals surface area contributed by atoms with E-state index < -0.39 is 0 Å². The first-order valence-electron chi connectivity index (χ1n) is 10.7. The van der Waals surface area contributed by atoms with Crippen LogP contribution in [0.15, 0.2) is 53.5 Å². The van der Waals surface area contributed by atoms with Crippen LogP contribution >= 0.6 is 0 Å². The summed E-state index contributed by atoms with van der Waals surface area (Å²) in [7, 11) is 0. The van der Waals surface area contributed by atoms with E-state index >= 15 is 0 Å². The van der Waals surface area contributed by atoms with Gasteiger partial charge in [0.2, 0.25) is 5.91 Å². The summed E-state index contributed by atoms with van der Waals surface area (Å²) in [5.41, 5.74) is 1.61. The normalized spacial score (nSPS) is 17.3. The zero-order valence-electron chi connectivity index (χ0n) is 18.4. The van der Waals surface area contributed by atoms with E-state index in [1.165, 1.54) is 12.1 Å². The van der Waals surface area contributed by atoms with Crippen LogP contribution in [0.3, 0.4) is 0 Å². The summed E-state index contributed by atoms with van der Waals surface area (Å²) in [5, 5.41) is 9.64. The number of hydrogen-bond donors (Lipinski definition) is 3. The van der Waals surface area contributed by atoms with Crippen LogP contribution in [0.2, 0.25) is 0 Å². The van der Waals surface area contributed by atoms with Crippen molar-refractivity contribution in [2.24, 2.45) is 4.99 Å². The van der Waals surface area contributed by atoms with Gasteiger partial charge in [0.1, 0.15) is 17.2 Å². The Kier molecular flexibility index (Phi) is 7.50. The molecule has 1 atom stereocenters. The average molecular weight is 427 g/mol. The molecule has 166 valence electrons. The highest BCUT2D eigenvalue weighted by Crippen LogP contribution is 2.39. The van der Waals surface area contributed by atoms with Gasteiger partial charge in [-0.05, 0) is 44.5 Å². The minimum atomic E-state index is -0.308. The molecule has 1 aliphatic heterocycles. The molecule has 0 fully saturated rings. The van der Waals surface area contributed by atoms with Crippen molar-refractivity contribution in [3.8, 4) is 5.75 Å². The van der Waals surface area contributed by atoms with Gasteiger partial charge in [0, 0.05) is 25.1 Å². The van der Waals surface area contributed by atoms with Crippen LogP contribution in [0.4, 0.5) is 4.39 Å². The van der Waals surface area contributed by atoms with Gasteiger partial charge >= 0.3 is 0 Å². The zero-order chi connectivity index (χ0) is 22.3. The number of nitrogens with zero attached hydrogens (tertiary/aromatic N) is 1. The number of nitrogens with one attached hydrogen (secondary N) is 3. The Morgan fingerprint density at radius 3 is 2.65 bits per heavy atom. The highest BCUT2D eigenvalue weighted by atomic mass is 19.1. The van der Waals surface area contributed by atoms with E-state index in [1.54, 1.807) is 12.1 Å². The lowest BCUT2D eigenvalue weighted by Gasteiger charge is -2.38. The quantitative estimate of drug-likeness (QED) is 0.361. The third kappa shape index (κ3) is 6.70. The van der Waals surface area contributed by atoms with Crippen LogP contribution in [0, 0.1) is 5.82 Å². The second-order valence-electron chi connectivity index (χ2n) is 8.21. The Bertz CT molecular complexity index is 912. The number of aliphatic imine (C=N–C) groups is 1. The summed E-state index contributed by atoms with van der Waals surface area (Å²) in [6, 6.07) is 14.1. The predicted molar refractivity (Wildman–Crippen MR) is 121 cm³/mol. The number of carbonyl (C=O) groups excluding carboxylic acids is 1. The topological polar surface area (TPSA) is 74.8 Å². The summed E-state index contributed by atoms with van der Waals surface area (Å²) in [6.07, 6.45) is 1.03. The third-order valence-corrected chi connectivity index (χ3v) is 5.01. The lowest BCUT2D eigenvalue weighted by atomic mass is 9.90. The van der Waals surface area contributed by atoms with Gasteiger partial charge in [0.15, 0.2) is 5.96 Å². The molecule has 0 aliphatic carbocycles. The second kappa shape index (κ2) is 10.3. The first-order chi connectivity index (χ1) is 14.9. The largest absolute Gasteiger partial charge is 0.487 e. The van der Waals surface area contributed by atoms with Crippen molar-refractivity contribution in [1.29, 1.82) is 0 Å². The van der Waals surface area contributed by atoms with Gasteiger partial charge in [-0.3, -0.25) is 9.79 Å². The molecule has 3 N–H and O–H groups in total. The SMILES string of the molecule is CCNC(=NCCNC(=O)Cc1ccc(F)cc1)NC1CC(C)(C)Oc2ccccc21. The Morgan fingerprint density at radius 2 is 1.90 bits per heavy atom. The monoisotopic (exact) mass is 426 g/mol. The Morgan fingerprint density at radius 1 is 1.16 bits per heavy atom. The van der Waals surface area contributed by atoms with Crippen molar-refractivity contribution in [2.45, 2.75) is 45.3 Å². The minimum absolute atomic E-state index is 0.0748. The van der Waals surface area contributed by atoms with E-state index in [2.05, 4.69) is 40.9 Å². The first-order valence-corrected chi connectivity index (χ1v) is 10.7.